The largest absolute Gasteiger partial charge is 0.507 e. The zero-order valence-corrected chi connectivity index (χ0v) is 27.9. The molecular formula is C28H23N3O14S4. The summed E-state index contributed by atoms with van der Waals surface area (Å²) >= 11 is 0. The Morgan fingerprint density at radius 3 is 1.92 bits per heavy atom. The number of fused-ring (bicyclic) bond motifs is 2. The van der Waals surface area contributed by atoms with Crippen LogP contribution in [0.4, 0.5) is 17.1 Å². The second-order valence-corrected chi connectivity index (χ2v) is 14.6. The molecule has 0 aromatic heterocycles. The van der Waals surface area contributed by atoms with Gasteiger partial charge in [0.2, 0.25) is 0 Å². The van der Waals surface area contributed by atoms with Crippen molar-refractivity contribution in [2.45, 2.75) is 28.2 Å². The molecule has 0 radical (unpaired) electrons. The van der Waals surface area contributed by atoms with E-state index in [1.54, 1.807) is 12.1 Å². The first-order valence-corrected chi connectivity index (χ1v) is 18.4. The molecule has 0 atom stereocenters. The van der Waals surface area contributed by atoms with Crippen molar-refractivity contribution in [2.24, 2.45) is 10.2 Å². The zero-order chi connectivity index (χ0) is 36.5. The molecule has 0 saturated heterocycles. The lowest BCUT2D eigenvalue weighted by Crippen LogP contribution is -2.05. The number of nitrogens with zero attached hydrogens (tertiary/aromatic N) is 2. The average Bonchev–Trinajstić information content (AvgIpc) is 2.98. The number of phenolic OH excluding ortho intramolecular Hbond substituents is 1. The van der Waals surface area contributed by atoms with Crippen LogP contribution >= 0.6 is 0 Å². The molecule has 0 aliphatic heterocycles. The van der Waals surface area contributed by atoms with Crippen LogP contribution < -0.4 is 10.5 Å². The molecule has 17 nitrogen and oxygen atoms in total. The fourth-order valence-corrected chi connectivity index (χ4v) is 6.69. The number of aryl methyl sites for hydroxylation is 1. The number of nitrogens with two attached hydrogens (primary N) is 1. The van der Waals surface area contributed by atoms with E-state index in [2.05, 4.69) is 10.2 Å². The second kappa shape index (κ2) is 13.8. The Labute approximate surface area is 279 Å². The van der Waals surface area contributed by atoms with Crippen molar-refractivity contribution in [1.29, 1.82) is 0 Å². The minimum Gasteiger partial charge on any atom is -0.507 e. The van der Waals surface area contributed by atoms with E-state index in [1.807, 2.05) is 19.1 Å². The number of aromatic hydroxyl groups is 1. The second-order valence-electron chi connectivity index (χ2n) is 10.0. The predicted molar refractivity (Wildman–Crippen MR) is 173 cm³/mol. The highest BCUT2D eigenvalue weighted by molar-refractivity contribution is 7.86. The van der Waals surface area contributed by atoms with Crippen molar-refractivity contribution in [3.05, 3.63) is 83.9 Å². The Bertz CT molecular complexity index is 2600. The summed E-state index contributed by atoms with van der Waals surface area (Å²) in [6.45, 7) is 1.81. The molecule has 0 unspecified atom stereocenters. The van der Waals surface area contributed by atoms with Crippen LogP contribution in [0.15, 0.2) is 97.7 Å². The van der Waals surface area contributed by atoms with Crippen molar-refractivity contribution >= 4 is 79.6 Å². The average molecular weight is 754 g/mol. The Kier molecular flexibility index (Phi) is 10.4. The summed E-state index contributed by atoms with van der Waals surface area (Å²) in [4.78, 5) is -2.36. The van der Waals surface area contributed by atoms with Gasteiger partial charge in [-0.25, -0.2) is 0 Å². The fourth-order valence-electron chi connectivity index (χ4n) is 4.64. The smallest absolute Gasteiger partial charge is 0.425 e. The van der Waals surface area contributed by atoms with E-state index in [-0.39, 0.29) is 34.2 Å². The minimum atomic E-state index is -5.19. The number of ether oxygens (including phenoxy) is 1. The highest BCUT2D eigenvalue weighted by Crippen LogP contribution is 2.43. The molecule has 49 heavy (non-hydrogen) atoms. The SMILES string of the molecule is Cc1ccc(COc2cc(S(=O)(=O)O)cc3c(S(=O)(=O)O)c(N=Nc4cc(S(=O)(=O)O)c5cccc(O)c5c4N)ccc23)cc1.O=S(=O)=O. The fraction of sp³-hybridized carbons (Fsp3) is 0.0714. The first-order chi connectivity index (χ1) is 22.7. The molecule has 5 aromatic rings. The number of rotatable bonds is 8. The van der Waals surface area contributed by atoms with Gasteiger partial charge >= 0.3 is 10.6 Å². The number of hydrogen-bond donors (Lipinski definition) is 5. The van der Waals surface area contributed by atoms with Gasteiger partial charge in [-0.05, 0) is 42.8 Å². The summed E-state index contributed by atoms with van der Waals surface area (Å²) < 4.78 is 135. The van der Waals surface area contributed by atoms with Crippen molar-refractivity contribution in [1.82, 2.24) is 0 Å². The van der Waals surface area contributed by atoms with Crippen molar-refractivity contribution in [3.63, 3.8) is 0 Å². The van der Waals surface area contributed by atoms with Crippen molar-refractivity contribution in [3.8, 4) is 11.5 Å². The van der Waals surface area contributed by atoms with Crippen LogP contribution in [-0.2, 0) is 47.6 Å². The van der Waals surface area contributed by atoms with Crippen LogP contribution in [0.3, 0.4) is 0 Å². The minimum absolute atomic E-state index is 0.0184. The molecular weight excluding hydrogens is 731 g/mol. The van der Waals surface area contributed by atoms with E-state index in [0.717, 1.165) is 29.8 Å². The Balaban J connectivity index is 0.00000128. The highest BCUT2D eigenvalue weighted by atomic mass is 32.2. The summed E-state index contributed by atoms with van der Waals surface area (Å²) in [5.41, 5.74) is 6.55. The Hall–Kier alpha value is -5.03. The lowest BCUT2D eigenvalue weighted by atomic mass is 10.1. The van der Waals surface area contributed by atoms with Gasteiger partial charge in [0.15, 0.2) is 0 Å². The Morgan fingerprint density at radius 1 is 0.735 bits per heavy atom. The molecule has 0 saturated carbocycles. The number of anilines is 1. The van der Waals surface area contributed by atoms with Gasteiger partial charge in [0.05, 0.1) is 16.0 Å². The maximum Gasteiger partial charge on any atom is 0.425 e. The molecule has 5 aromatic carbocycles. The summed E-state index contributed by atoms with van der Waals surface area (Å²) in [6.07, 6.45) is 0. The monoisotopic (exact) mass is 753 g/mol. The molecule has 5 rings (SSSR count). The van der Waals surface area contributed by atoms with Crippen LogP contribution in [0.25, 0.3) is 21.5 Å². The lowest BCUT2D eigenvalue weighted by Gasteiger charge is -2.14. The first kappa shape index (κ1) is 36.8. The quantitative estimate of drug-likeness (QED) is 0.0837. The van der Waals surface area contributed by atoms with E-state index >= 15 is 0 Å². The van der Waals surface area contributed by atoms with Crippen molar-refractivity contribution in [2.75, 3.05) is 5.73 Å². The molecule has 0 heterocycles. The molecule has 0 spiro atoms. The number of phenols is 1. The maximum atomic E-state index is 12.7. The summed E-state index contributed by atoms with van der Waals surface area (Å²) in [5, 5.41) is 17.3. The van der Waals surface area contributed by atoms with Crippen LogP contribution in [0.5, 0.6) is 11.5 Å². The standard InChI is InChI=1S/C28H23N3O11S3.O3S/c1-15-5-7-16(8-6-15)14-42-24-12-17(43(33,34)35)11-20-18(24)9-10-21(28(20)45(39,40)41)30-31-22-13-25(44(36,37)38)19-3-2-4-23(32)26(19)27(22)29;1-4(2)3/h2-13,32H,14,29H2,1H3,(H,33,34,35)(H,36,37,38)(H,39,40,41);. The number of benzene rings is 5. The van der Waals surface area contributed by atoms with E-state index in [9.17, 15) is 44.0 Å². The van der Waals surface area contributed by atoms with Crippen LogP contribution in [-0.4, -0.2) is 56.6 Å². The third-order valence-electron chi connectivity index (χ3n) is 6.74. The van der Waals surface area contributed by atoms with Crippen molar-refractivity contribution < 1.29 is 61.4 Å². The van der Waals surface area contributed by atoms with Gasteiger partial charge in [0, 0.05) is 22.2 Å². The number of hydrogen-bond acceptors (Lipinski definition) is 14. The van der Waals surface area contributed by atoms with Gasteiger partial charge in [0.1, 0.15) is 39.3 Å². The predicted octanol–water partition coefficient (Wildman–Crippen LogP) is 4.32. The number of azo groups is 1. The topological polar surface area (TPSA) is 295 Å². The van der Waals surface area contributed by atoms with Crippen LogP contribution in [0, 0.1) is 6.92 Å². The molecule has 0 amide bonds. The normalized spacial score (nSPS) is 12.2. The number of nitrogen functional groups attached to an aromatic ring is 1. The summed E-state index contributed by atoms with van der Waals surface area (Å²) in [6, 6.07) is 16.0. The van der Waals surface area contributed by atoms with E-state index in [0.29, 0.717) is 5.56 Å². The Morgan fingerprint density at radius 2 is 1.35 bits per heavy atom. The van der Waals surface area contributed by atoms with Gasteiger partial charge < -0.3 is 15.6 Å². The molecule has 21 heteroatoms. The molecule has 0 aliphatic carbocycles. The van der Waals surface area contributed by atoms with Crippen LogP contribution in [0.1, 0.15) is 11.1 Å². The third kappa shape index (κ3) is 8.53. The van der Waals surface area contributed by atoms with Gasteiger partial charge in [-0.15, -0.1) is 22.9 Å². The van der Waals surface area contributed by atoms with Gasteiger partial charge in [-0.3, -0.25) is 13.7 Å². The van der Waals surface area contributed by atoms with E-state index in [4.69, 9.17) is 23.1 Å². The first-order valence-electron chi connectivity index (χ1n) is 13.1. The van der Waals surface area contributed by atoms with Crippen LogP contribution in [0.2, 0.25) is 0 Å². The molecule has 6 N–H and O–H groups in total. The third-order valence-corrected chi connectivity index (χ3v) is 9.41. The summed E-state index contributed by atoms with van der Waals surface area (Å²) in [5.74, 6) is -0.603. The highest BCUT2D eigenvalue weighted by Gasteiger charge is 2.25. The summed E-state index contributed by atoms with van der Waals surface area (Å²) in [7, 11) is -18.1. The van der Waals surface area contributed by atoms with Gasteiger partial charge in [0.25, 0.3) is 30.4 Å². The van der Waals surface area contributed by atoms with E-state index in [1.165, 1.54) is 24.3 Å². The molecule has 0 fully saturated rings. The molecule has 0 aliphatic rings. The van der Waals surface area contributed by atoms with E-state index < -0.39 is 78.2 Å². The maximum absolute atomic E-state index is 12.7. The zero-order valence-electron chi connectivity index (χ0n) is 24.6. The molecule has 0 bridgehead atoms. The van der Waals surface area contributed by atoms with Gasteiger partial charge in [-0.1, -0.05) is 42.0 Å². The molecule has 258 valence electrons. The lowest BCUT2D eigenvalue weighted by molar-refractivity contribution is 0.309. The van der Waals surface area contributed by atoms with Gasteiger partial charge in [-0.2, -0.15) is 25.3 Å².